The van der Waals surface area contributed by atoms with Crippen LogP contribution in [0.15, 0.2) is 46.8 Å². The van der Waals surface area contributed by atoms with E-state index in [2.05, 4.69) is 15.0 Å². The van der Waals surface area contributed by atoms with Crippen molar-refractivity contribution in [3.05, 3.63) is 52.2 Å². The van der Waals surface area contributed by atoms with E-state index in [0.29, 0.717) is 6.54 Å². The molecule has 8 heteroatoms. The van der Waals surface area contributed by atoms with Crippen molar-refractivity contribution in [3.63, 3.8) is 0 Å². The van der Waals surface area contributed by atoms with E-state index in [4.69, 9.17) is 5.73 Å². The number of aliphatic imine (C=N–C) groups is 1. The maximum Gasteiger partial charge on any atom is 0.573 e. The number of benzene rings is 1. The fourth-order valence-corrected chi connectivity index (χ4v) is 2.26. The van der Waals surface area contributed by atoms with E-state index in [1.807, 2.05) is 17.5 Å². The molecule has 0 aliphatic carbocycles. The van der Waals surface area contributed by atoms with Crippen LogP contribution in [0.5, 0.6) is 5.75 Å². The highest BCUT2D eigenvalue weighted by Gasteiger charge is 2.30. The first-order chi connectivity index (χ1) is 10.4. The Morgan fingerprint density at radius 1 is 1.23 bits per heavy atom. The van der Waals surface area contributed by atoms with E-state index in [1.54, 1.807) is 11.3 Å². The number of hydrogen-bond acceptors (Lipinski definition) is 3. The molecule has 0 amide bonds. The molecule has 2 aromatic rings. The molecule has 0 bridgehead atoms. The topological polar surface area (TPSA) is 59.6 Å². The van der Waals surface area contributed by atoms with E-state index in [0.717, 1.165) is 10.4 Å². The molecule has 1 aromatic heterocycles. The third-order valence-corrected chi connectivity index (χ3v) is 3.49. The Morgan fingerprint density at radius 2 is 1.95 bits per heavy atom. The highest BCUT2D eigenvalue weighted by atomic mass is 32.1. The van der Waals surface area contributed by atoms with Crippen molar-refractivity contribution in [2.24, 2.45) is 10.7 Å². The molecule has 3 N–H and O–H groups in total. The van der Waals surface area contributed by atoms with Gasteiger partial charge in [-0.1, -0.05) is 18.2 Å². The first kappa shape index (κ1) is 16.2. The normalized spacial score (nSPS) is 12.2. The average molecular weight is 329 g/mol. The minimum Gasteiger partial charge on any atom is -0.406 e. The fraction of sp³-hybridized carbons (Fsp3) is 0.214. The lowest BCUT2D eigenvalue weighted by molar-refractivity contribution is -0.274. The fourth-order valence-electron chi connectivity index (χ4n) is 1.62. The number of thiophene rings is 1. The summed E-state index contributed by atoms with van der Waals surface area (Å²) >= 11 is 1.61. The second-order valence-electron chi connectivity index (χ2n) is 4.33. The molecule has 0 saturated heterocycles. The molecule has 2 rings (SSSR count). The molecule has 0 spiro atoms. The van der Waals surface area contributed by atoms with E-state index in [9.17, 15) is 13.2 Å². The first-order valence-electron chi connectivity index (χ1n) is 6.33. The minimum absolute atomic E-state index is 0.260. The zero-order valence-corrected chi connectivity index (χ0v) is 12.2. The summed E-state index contributed by atoms with van der Waals surface area (Å²) in [6.45, 7) is 0.862. The summed E-state index contributed by atoms with van der Waals surface area (Å²) in [5.74, 6) is 0.0213. The van der Waals surface area contributed by atoms with Crippen LogP contribution in [0.1, 0.15) is 10.4 Å². The Balaban J connectivity index is 1.83. The van der Waals surface area contributed by atoms with Gasteiger partial charge in [-0.15, -0.1) is 24.5 Å². The quantitative estimate of drug-likeness (QED) is 0.654. The minimum atomic E-state index is -4.68. The number of guanidine groups is 1. The van der Waals surface area contributed by atoms with Gasteiger partial charge in [-0.25, -0.2) is 4.99 Å². The highest BCUT2D eigenvalue weighted by Crippen LogP contribution is 2.22. The molecule has 0 fully saturated rings. The number of rotatable bonds is 5. The third kappa shape index (κ3) is 5.65. The van der Waals surface area contributed by atoms with Crippen LogP contribution in [-0.2, 0) is 13.1 Å². The molecule has 0 saturated carbocycles. The van der Waals surface area contributed by atoms with Crippen molar-refractivity contribution >= 4 is 17.3 Å². The lowest BCUT2D eigenvalue weighted by Crippen LogP contribution is -2.30. The van der Waals surface area contributed by atoms with Crippen molar-refractivity contribution in [2.45, 2.75) is 19.5 Å². The van der Waals surface area contributed by atoms with Crippen LogP contribution in [0.25, 0.3) is 0 Å². The molecule has 0 atom stereocenters. The van der Waals surface area contributed by atoms with Gasteiger partial charge in [-0.05, 0) is 29.1 Å². The predicted octanol–water partition coefficient (Wildman–Crippen LogP) is 3.25. The van der Waals surface area contributed by atoms with Gasteiger partial charge in [-0.3, -0.25) is 0 Å². The SMILES string of the molecule is NC(=NCc1ccc(OC(F)(F)F)cc1)NCc1cccs1. The number of nitrogens with two attached hydrogens (primary N) is 1. The van der Waals surface area contributed by atoms with Gasteiger partial charge < -0.3 is 15.8 Å². The number of nitrogens with one attached hydrogen (secondary N) is 1. The molecule has 0 radical (unpaired) electrons. The van der Waals surface area contributed by atoms with Gasteiger partial charge >= 0.3 is 6.36 Å². The van der Waals surface area contributed by atoms with E-state index in [1.165, 1.54) is 24.3 Å². The van der Waals surface area contributed by atoms with Gasteiger partial charge in [-0.2, -0.15) is 0 Å². The van der Waals surface area contributed by atoms with E-state index < -0.39 is 6.36 Å². The van der Waals surface area contributed by atoms with Crippen LogP contribution in [0, 0.1) is 0 Å². The molecule has 118 valence electrons. The maximum atomic E-state index is 12.0. The molecule has 0 aliphatic heterocycles. The highest BCUT2D eigenvalue weighted by molar-refractivity contribution is 7.09. The molecular formula is C14H14F3N3OS. The first-order valence-corrected chi connectivity index (χ1v) is 7.21. The Kier molecular flexibility index (Phi) is 5.26. The summed E-state index contributed by atoms with van der Waals surface area (Å²) in [6.07, 6.45) is -4.68. The van der Waals surface area contributed by atoms with Crippen molar-refractivity contribution in [1.29, 1.82) is 0 Å². The van der Waals surface area contributed by atoms with Crippen LogP contribution in [0.3, 0.4) is 0 Å². The smallest absolute Gasteiger partial charge is 0.406 e. The molecule has 1 heterocycles. The lowest BCUT2D eigenvalue weighted by Gasteiger charge is -2.09. The Hall–Kier alpha value is -2.22. The van der Waals surface area contributed by atoms with Gasteiger partial charge in [0.2, 0.25) is 0 Å². The molecule has 22 heavy (non-hydrogen) atoms. The number of ether oxygens (including phenoxy) is 1. The van der Waals surface area contributed by atoms with Gasteiger partial charge in [0, 0.05) is 4.88 Å². The number of nitrogens with zero attached hydrogens (tertiary/aromatic N) is 1. The predicted molar refractivity (Wildman–Crippen MR) is 79.6 cm³/mol. The Morgan fingerprint density at radius 3 is 2.55 bits per heavy atom. The summed E-state index contributed by atoms with van der Waals surface area (Å²) < 4.78 is 39.9. The van der Waals surface area contributed by atoms with Crippen LogP contribution in [-0.4, -0.2) is 12.3 Å². The van der Waals surface area contributed by atoms with Crippen LogP contribution in [0.4, 0.5) is 13.2 Å². The molecule has 0 aliphatic rings. The molecule has 1 aromatic carbocycles. The lowest BCUT2D eigenvalue weighted by atomic mass is 10.2. The standard InChI is InChI=1S/C14H14F3N3OS/c15-14(16,17)21-11-5-3-10(4-6-11)8-19-13(18)20-9-12-2-1-7-22-12/h1-7H,8-9H2,(H3,18,19,20). The molecular weight excluding hydrogens is 315 g/mol. The van der Waals surface area contributed by atoms with Gasteiger partial charge in [0.25, 0.3) is 0 Å². The number of halogens is 3. The number of hydrogen-bond donors (Lipinski definition) is 2. The van der Waals surface area contributed by atoms with Crippen LogP contribution in [0.2, 0.25) is 0 Å². The molecule has 4 nitrogen and oxygen atoms in total. The maximum absolute atomic E-state index is 12.0. The van der Waals surface area contributed by atoms with Gasteiger partial charge in [0.05, 0.1) is 13.1 Å². The second-order valence-corrected chi connectivity index (χ2v) is 5.36. The number of alkyl halides is 3. The largest absolute Gasteiger partial charge is 0.573 e. The van der Waals surface area contributed by atoms with Crippen molar-refractivity contribution in [1.82, 2.24) is 5.32 Å². The summed E-state index contributed by atoms with van der Waals surface area (Å²) in [7, 11) is 0. The summed E-state index contributed by atoms with van der Waals surface area (Å²) in [6, 6.07) is 9.43. The zero-order chi connectivity index (χ0) is 16.0. The molecule has 0 unspecified atom stereocenters. The summed E-state index contributed by atoms with van der Waals surface area (Å²) in [5, 5.41) is 4.93. The summed E-state index contributed by atoms with van der Waals surface area (Å²) in [5.41, 5.74) is 6.45. The zero-order valence-electron chi connectivity index (χ0n) is 11.4. The van der Waals surface area contributed by atoms with Crippen molar-refractivity contribution < 1.29 is 17.9 Å². The van der Waals surface area contributed by atoms with E-state index >= 15 is 0 Å². The van der Waals surface area contributed by atoms with E-state index in [-0.39, 0.29) is 18.3 Å². The van der Waals surface area contributed by atoms with Gasteiger partial charge in [0.15, 0.2) is 5.96 Å². The summed E-state index contributed by atoms with van der Waals surface area (Å²) in [4.78, 5) is 5.25. The Bertz CT molecular complexity index is 609. The monoisotopic (exact) mass is 329 g/mol. The average Bonchev–Trinajstić information content (AvgIpc) is 2.96. The third-order valence-electron chi connectivity index (χ3n) is 2.61. The second kappa shape index (κ2) is 7.17. The van der Waals surface area contributed by atoms with Gasteiger partial charge in [0.1, 0.15) is 5.75 Å². The van der Waals surface area contributed by atoms with Crippen molar-refractivity contribution in [2.75, 3.05) is 0 Å². The van der Waals surface area contributed by atoms with Crippen molar-refractivity contribution in [3.8, 4) is 5.75 Å². The van der Waals surface area contributed by atoms with Crippen LogP contribution < -0.4 is 15.8 Å². The van der Waals surface area contributed by atoms with Crippen LogP contribution >= 0.6 is 11.3 Å². The Labute approximate surface area is 129 Å².